The first-order valence-electron chi connectivity index (χ1n) is 3.86. The Balaban J connectivity index is 0.000000561. The minimum absolute atomic E-state index is 0.158. The fourth-order valence-corrected chi connectivity index (χ4v) is 0.700. The summed E-state index contributed by atoms with van der Waals surface area (Å²) in [5, 5.41) is 8.93. The van der Waals surface area contributed by atoms with E-state index in [0.717, 1.165) is 0 Å². The van der Waals surface area contributed by atoms with Gasteiger partial charge in [0.05, 0.1) is 12.8 Å². The molecule has 0 heterocycles. The lowest BCUT2D eigenvalue weighted by atomic mass is 10.3. The van der Waals surface area contributed by atoms with Crippen LogP contribution in [0.15, 0.2) is 18.2 Å². The maximum absolute atomic E-state index is 8.93. The van der Waals surface area contributed by atoms with Crippen molar-refractivity contribution in [1.29, 1.82) is 0 Å². The molecule has 1 aromatic rings. The molecule has 1 rings (SSSR count). The molecule has 0 saturated heterocycles. The zero-order valence-corrected chi connectivity index (χ0v) is 7.66. The van der Waals surface area contributed by atoms with Crippen molar-refractivity contribution in [2.75, 3.05) is 12.8 Å². The fraction of sp³-hybridized carbons (Fsp3) is 0.333. The Bertz CT molecular complexity index is 236. The monoisotopic (exact) mass is 169 g/mol. The lowest BCUT2D eigenvalue weighted by Crippen LogP contribution is -1.90. The van der Waals surface area contributed by atoms with Gasteiger partial charge in [0.15, 0.2) is 0 Å². The summed E-state index contributed by atoms with van der Waals surface area (Å²) in [5.74, 6) is 0.658. The van der Waals surface area contributed by atoms with Crippen LogP contribution in [0.4, 0.5) is 5.69 Å². The number of hydrogen-bond acceptors (Lipinski definition) is 3. The van der Waals surface area contributed by atoms with E-state index in [1.807, 2.05) is 13.8 Å². The first-order valence-corrected chi connectivity index (χ1v) is 3.86. The van der Waals surface area contributed by atoms with Crippen molar-refractivity contribution in [3.05, 3.63) is 18.2 Å². The Hall–Kier alpha value is -1.38. The van der Waals surface area contributed by atoms with E-state index >= 15 is 0 Å². The number of phenols is 1. The van der Waals surface area contributed by atoms with Gasteiger partial charge in [-0.05, 0) is 12.1 Å². The number of rotatable bonds is 1. The molecule has 1 aromatic carbocycles. The van der Waals surface area contributed by atoms with Gasteiger partial charge in [0.1, 0.15) is 11.5 Å². The Morgan fingerprint density at radius 1 is 1.33 bits per heavy atom. The summed E-state index contributed by atoms with van der Waals surface area (Å²) < 4.78 is 4.84. The van der Waals surface area contributed by atoms with Crippen LogP contribution in [-0.4, -0.2) is 12.2 Å². The van der Waals surface area contributed by atoms with Crippen LogP contribution in [0.5, 0.6) is 11.5 Å². The highest BCUT2D eigenvalue weighted by molar-refractivity contribution is 5.55. The van der Waals surface area contributed by atoms with E-state index in [9.17, 15) is 0 Å². The van der Waals surface area contributed by atoms with Crippen molar-refractivity contribution in [3.63, 3.8) is 0 Å². The SMILES string of the molecule is CC.COc1cc(O)ccc1N. The molecule has 0 spiro atoms. The number of nitrogen functional groups attached to an aromatic ring is 1. The predicted molar refractivity (Wildman–Crippen MR) is 50.4 cm³/mol. The summed E-state index contributed by atoms with van der Waals surface area (Å²) in [7, 11) is 1.51. The van der Waals surface area contributed by atoms with Crippen LogP contribution < -0.4 is 10.5 Å². The minimum Gasteiger partial charge on any atom is -0.508 e. The van der Waals surface area contributed by atoms with Crippen molar-refractivity contribution in [2.24, 2.45) is 0 Å². The standard InChI is InChI=1S/C7H9NO2.C2H6/c1-10-7-4-5(9)2-3-6(7)8;1-2/h2-4,9H,8H2,1H3;1-2H3. The van der Waals surface area contributed by atoms with E-state index in [4.69, 9.17) is 15.6 Å². The third-order valence-electron chi connectivity index (χ3n) is 1.22. The Morgan fingerprint density at radius 2 is 1.92 bits per heavy atom. The van der Waals surface area contributed by atoms with Crippen LogP contribution in [0.1, 0.15) is 13.8 Å². The molecule has 0 aliphatic carbocycles. The van der Waals surface area contributed by atoms with Gasteiger partial charge in [0.25, 0.3) is 0 Å². The minimum atomic E-state index is 0.158. The van der Waals surface area contributed by atoms with Crippen LogP contribution in [0.25, 0.3) is 0 Å². The molecule has 3 heteroatoms. The van der Waals surface area contributed by atoms with Gasteiger partial charge in [0, 0.05) is 6.07 Å². The molecule has 0 saturated carbocycles. The first-order chi connectivity index (χ1) is 5.74. The average molecular weight is 169 g/mol. The molecule has 0 aromatic heterocycles. The van der Waals surface area contributed by atoms with E-state index in [1.165, 1.54) is 19.2 Å². The van der Waals surface area contributed by atoms with Gasteiger partial charge in [-0.3, -0.25) is 0 Å². The number of nitrogens with two attached hydrogens (primary N) is 1. The Labute approximate surface area is 72.8 Å². The van der Waals surface area contributed by atoms with Crippen molar-refractivity contribution < 1.29 is 9.84 Å². The summed E-state index contributed by atoms with van der Waals surface area (Å²) in [5.41, 5.74) is 5.99. The fourth-order valence-electron chi connectivity index (χ4n) is 0.700. The molecule has 0 aliphatic heterocycles. The van der Waals surface area contributed by atoms with Gasteiger partial charge in [-0.2, -0.15) is 0 Å². The van der Waals surface area contributed by atoms with Gasteiger partial charge in [-0.25, -0.2) is 0 Å². The Morgan fingerprint density at radius 3 is 2.33 bits per heavy atom. The highest BCUT2D eigenvalue weighted by atomic mass is 16.5. The van der Waals surface area contributed by atoms with Gasteiger partial charge in [0.2, 0.25) is 0 Å². The summed E-state index contributed by atoms with van der Waals surface area (Å²) >= 11 is 0. The van der Waals surface area contributed by atoms with E-state index in [2.05, 4.69) is 0 Å². The predicted octanol–water partition coefficient (Wildman–Crippen LogP) is 2.01. The van der Waals surface area contributed by atoms with Gasteiger partial charge >= 0.3 is 0 Å². The molecule has 0 unspecified atom stereocenters. The van der Waals surface area contributed by atoms with Crippen molar-refractivity contribution in [2.45, 2.75) is 13.8 Å². The lowest BCUT2D eigenvalue weighted by Gasteiger charge is -2.02. The molecule has 68 valence electrons. The van der Waals surface area contributed by atoms with Crippen molar-refractivity contribution >= 4 is 5.69 Å². The topological polar surface area (TPSA) is 55.5 Å². The zero-order valence-electron chi connectivity index (χ0n) is 7.66. The molecule has 0 radical (unpaired) electrons. The second-order valence-electron chi connectivity index (χ2n) is 1.93. The zero-order chi connectivity index (χ0) is 9.56. The van der Waals surface area contributed by atoms with Crippen LogP contribution in [-0.2, 0) is 0 Å². The number of methoxy groups -OCH3 is 1. The maximum Gasteiger partial charge on any atom is 0.145 e. The van der Waals surface area contributed by atoms with Crippen LogP contribution >= 0.6 is 0 Å². The number of ether oxygens (including phenoxy) is 1. The molecular formula is C9H15NO2. The highest BCUT2D eigenvalue weighted by Crippen LogP contribution is 2.24. The number of anilines is 1. The molecule has 0 aliphatic rings. The van der Waals surface area contributed by atoms with Crippen molar-refractivity contribution in [1.82, 2.24) is 0 Å². The molecule has 0 atom stereocenters. The largest absolute Gasteiger partial charge is 0.508 e. The second-order valence-corrected chi connectivity index (χ2v) is 1.93. The van der Waals surface area contributed by atoms with Crippen LogP contribution in [0, 0.1) is 0 Å². The third kappa shape index (κ3) is 2.70. The average Bonchev–Trinajstić information content (AvgIpc) is 2.13. The van der Waals surface area contributed by atoms with E-state index in [0.29, 0.717) is 11.4 Å². The smallest absolute Gasteiger partial charge is 0.145 e. The number of benzene rings is 1. The second kappa shape index (κ2) is 5.29. The maximum atomic E-state index is 8.93. The molecule has 3 nitrogen and oxygen atoms in total. The van der Waals surface area contributed by atoms with Crippen molar-refractivity contribution in [3.8, 4) is 11.5 Å². The summed E-state index contributed by atoms with van der Waals surface area (Å²) in [6, 6.07) is 4.57. The summed E-state index contributed by atoms with van der Waals surface area (Å²) in [4.78, 5) is 0. The van der Waals surface area contributed by atoms with Gasteiger partial charge < -0.3 is 15.6 Å². The van der Waals surface area contributed by atoms with Crippen LogP contribution in [0.3, 0.4) is 0 Å². The van der Waals surface area contributed by atoms with Gasteiger partial charge in [-0.1, -0.05) is 13.8 Å². The molecule has 0 fully saturated rings. The molecular weight excluding hydrogens is 154 g/mol. The first kappa shape index (κ1) is 10.6. The lowest BCUT2D eigenvalue weighted by molar-refractivity contribution is 0.410. The number of hydrogen-bond donors (Lipinski definition) is 2. The molecule has 12 heavy (non-hydrogen) atoms. The molecule has 3 N–H and O–H groups in total. The number of phenolic OH excluding ortho intramolecular Hbond substituents is 1. The normalized spacial score (nSPS) is 8.25. The number of aromatic hydroxyl groups is 1. The highest BCUT2D eigenvalue weighted by Gasteiger charge is 1.97. The summed E-state index contributed by atoms with van der Waals surface area (Å²) in [6.07, 6.45) is 0. The summed E-state index contributed by atoms with van der Waals surface area (Å²) in [6.45, 7) is 4.00. The van der Waals surface area contributed by atoms with Crippen LogP contribution in [0.2, 0.25) is 0 Å². The van der Waals surface area contributed by atoms with E-state index in [1.54, 1.807) is 6.07 Å². The van der Waals surface area contributed by atoms with E-state index in [-0.39, 0.29) is 5.75 Å². The van der Waals surface area contributed by atoms with E-state index < -0.39 is 0 Å². The Kier molecular flexibility index (Phi) is 4.69. The van der Waals surface area contributed by atoms with Gasteiger partial charge in [-0.15, -0.1) is 0 Å². The molecule has 0 amide bonds. The quantitative estimate of drug-likeness (QED) is 0.499. The molecule has 0 bridgehead atoms. The third-order valence-corrected chi connectivity index (χ3v) is 1.22.